The molecule has 4 aromatic carbocycles. The number of hydrogen-bond acceptors (Lipinski definition) is 0. The third-order valence-corrected chi connectivity index (χ3v) is 4.85. The van der Waals surface area contributed by atoms with Gasteiger partial charge in [-0.1, -0.05) is 96.1 Å². The molecule has 0 fully saturated rings. The first kappa shape index (κ1) is 17.1. The molecule has 0 bridgehead atoms. The van der Waals surface area contributed by atoms with Gasteiger partial charge in [-0.25, -0.2) is 0 Å². The van der Waals surface area contributed by atoms with Crippen molar-refractivity contribution in [1.82, 2.24) is 4.98 Å². The number of aryl methyl sites for hydroxylation is 2. The lowest BCUT2D eigenvalue weighted by Crippen LogP contribution is -1.78. The number of rotatable bonds is 1. The molecule has 1 nitrogen and oxygen atoms in total. The van der Waals surface area contributed by atoms with Crippen LogP contribution in [0.5, 0.6) is 0 Å². The molecule has 0 aliphatic rings. The van der Waals surface area contributed by atoms with Gasteiger partial charge in [0.25, 0.3) is 0 Å². The van der Waals surface area contributed by atoms with E-state index in [4.69, 9.17) is 0 Å². The summed E-state index contributed by atoms with van der Waals surface area (Å²) in [5, 5.41) is 2.61. The first-order valence-corrected chi connectivity index (χ1v) is 9.30. The van der Waals surface area contributed by atoms with Gasteiger partial charge < -0.3 is 4.98 Å². The highest BCUT2D eigenvalue weighted by molar-refractivity contribution is 6.06. The van der Waals surface area contributed by atoms with Crippen molar-refractivity contribution in [3.8, 4) is 11.1 Å². The van der Waals surface area contributed by atoms with Gasteiger partial charge >= 0.3 is 0 Å². The first-order valence-electron chi connectivity index (χ1n) is 9.30. The van der Waals surface area contributed by atoms with E-state index in [0.717, 1.165) is 0 Å². The van der Waals surface area contributed by atoms with Gasteiger partial charge in [-0.2, -0.15) is 0 Å². The van der Waals surface area contributed by atoms with Crippen molar-refractivity contribution in [2.45, 2.75) is 13.8 Å². The minimum atomic E-state index is 1.21. The average Bonchev–Trinajstić information content (AvgIpc) is 3.09. The Hall–Kier alpha value is -3.32. The monoisotopic (exact) mass is 349 g/mol. The maximum absolute atomic E-state index is 3.38. The average molecular weight is 349 g/mol. The van der Waals surface area contributed by atoms with E-state index in [0.29, 0.717) is 0 Å². The van der Waals surface area contributed by atoms with E-state index < -0.39 is 0 Å². The summed E-state index contributed by atoms with van der Waals surface area (Å²) in [5.74, 6) is 0. The van der Waals surface area contributed by atoms with Gasteiger partial charge in [0.05, 0.1) is 0 Å². The van der Waals surface area contributed by atoms with Gasteiger partial charge in [0.2, 0.25) is 0 Å². The Bertz CT molecular complexity index is 1070. The summed E-state index contributed by atoms with van der Waals surface area (Å²) in [7, 11) is 0. The summed E-state index contributed by atoms with van der Waals surface area (Å²) in [5.41, 5.74) is 7.61. The van der Waals surface area contributed by atoms with Gasteiger partial charge in [-0.05, 0) is 37.1 Å². The van der Waals surface area contributed by atoms with Crippen molar-refractivity contribution in [3.05, 3.63) is 108 Å². The molecule has 5 rings (SSSR count). The van der Waals surface area contributed by atoms with E-state index >= 15 is 0 Å². The van der Waals surface area contributed by atoms with Gasteiger partial charge in [-0.15, -0.1) is 0 Å². The van der Waals surface area contributed by atoms with Gasteiger partial charge in [0.1, 0.15) is 0 Å². The lowest BCUT2D eigenvalue weighted by molar-refractivity contribution is 1.45. The van der Waals surface area contributed by atoms with Crippen LogP contribution in [0.1, 0.15) is 11.1 Å². The van der Waals surface area contributed by atoms with Crippen LogP contribution < -0.4 is 0 Å². The maximum atomic E-state index is 3.38. The summed E-state index contributed by atoms with van der Waals surface area (Å²) in [6.45, 7) is 4.22. The van der Waals surface area contributed by atoms with Gasteiger partial charge in [0, 0.05) is 21.8 Å². The Morgan fingerprint density at radius 2 is 0.815 bits per heavy atom. The molecule has 132 valence electrons. The zero-order valence-electron chi connectivity index (χ0n) is 15.7. The first-order chi connectivity index (χ1) is 13.2. The molecule has 1 aromatic heterocycles. The molecular weight excluding hydrogens is 326 g/mol. The van der Waals surface area contributed by atoms with E-state index in [-0.39, 0.29) is 0 Å². The predicted molar refractivity (Wildman–Crippen MR) is 117 cm³/mol. The molecule has 1 N–H and O–H groups in total. The molecule has 0 atom stereocenters. The van der Waals surface area contributed by atoms with Crippen LogP contribution in [0, 0.1) is 13.8 Å². The number of aromatic amines is 1. The Balaban J connectivity index is 0.000000134. The summed E-state index contributed by atoms with van der Waals surface area (Å²) in [6.07, 6.45) is 0. The second-order valence-electron chi connectivity index (χ2n) is 6.95. The maximum Gasteiger partial charge on any atom is 0.0464 e. The minimum Gasteiger partial charge on any atom is -0.355 e. The molecule has 0 aliphatic carbocycles. The molecule has 0 spiro atoms. The van der Waals surface area contributed by atoms with E-state index in [1.165, 1.54) is 44.1 Å². The third-order valence-electron chi connectivity index (χ3n) is 4.85. The number of hydrogen-bond donors (Lipinski definition) is 1. The number of nitrogens with one attached hydrogen (secondary N) is 1. The third kappa shape index (κ3) is 3.78. The van der Waals surface area contributed by atoms with Crippen molar-refractivity contribution < 1.29 is 0 Å². The smallest absolute Gasteiger partial charge is 0.0464 e. The molecule has 0 unspecified atom stereocenters. The summed E-state index contributed by atoms with van der Waals surface area (Å²) < 4.78 is 0. The summed E-state index contributed by atoms with van der Waals surface area (Å²) in [6, 6.07) is 34.0. The van der Waals surface area contributed by atoms with Crippen LogP contribution in [0.25, 0.3) is 32.9 Å². The lowest BCUT2D eigenvalue weighted by Gasteiger charge is -2.02. The molecule has 0 aliphatic heterocycles. The van der Waals surface area contributed by atoms with Crippen LogP contribution in [0.15, 0.2) is 97.1 Å². The standard InChI is InChI=1S/C14H14.C12H9N/c1-11-3-7-13(8-4-11)14-9-5-12(2)6-10-14;1-3-7-11-9(5-1)10-6-2-4-8-12(10)13-11/h3-10H,1-2H3;1-8,13H. The number of para-hydroxylation sites is 2. The van der Waals surface area contributed by atoms with E-state index in [1.807, 2.05) is 0 Å². The highest BCUT2D eigenvalue weighted by Crippen LogP contribution is 2.24. The molecule has 0 saturated heterocycles. The second-order valence-corrected chi connectivity index (χ2v) is 6.95. The summed E-state index contributed by atoms with van der Waals surface area (Å²) >= 11 is 0. The topological polar surface area (TPSA) is 15.8 Å². The number of H-pyrrole nitrogens is 1. The van der Waals surface area contributed by atoms with Crippen molar-refractivity contribution in [1.29, 1.82) is 0 Å². The molecule has 5 aromatic rings. The van der Waals surface area contributed by atoms with Gasteiger partial charge in [0.15, 0.2) is 0 Å². The fourth-order valence-electron chi connectivity index (χ4n) is 3.29. The zero-order valence-corrected chi connectivity index (χ0v) is 15.7. The van der Waals surface area contributed by atoms with Crippen LogP contribution in [-0.4, -0.2) is 4.98 Å². The molecule has 0 saturated carbocycles. The van der Waals surface area contributed by atoms with E-state index in [9.17, 15) is 0 Å². The van der Waals surface area contributed by atoms with Crippen LogP contribution in [0.2, 0.25) is 0 Å². The summed E-state index contributed by atoms with van der Waals surface area (Å²) in [4.78, 5) is 3.38. The highest BCUT2D eigenvalue weighted by Gasteiger charge is 2.00. The molecule has 27 heavy (non-hydrogen) atoms. The fraction of sp³-hybridized carbons (Fsp3) is 0.0769. The Labute approximate surface area is 160 Å². The fourth-order valence-corrected chi connectivity index (χ4v) is 3.29. The molecule has 0 radical (unpaired) electrons. The van der Waals surface area contributed by atoms with Gasteiger partial charge in [-0.3, -0.25) is 0 Å². The van der Waals surface area contributed by atoms with E-state index in [1.54, 1.807) is 0 Å². The Morgan fingerprint density at radius 3 is 1.22 bits per heavy atom. The Kier molecular flexibility index (Phi) is 4.76. The normalized spacial score (nSPS) is 10.6. The molecular formula is C26H23N. The number of fused-ring (bicyclic) bond motifs is 3. The predicted octanol–water partition coefficient (Wildman–Crippen LogP) is 7.29. The van der Waals surface area contributed by atoms with Crippen molar-refractivity contribution in [3.63, 3.8) is 0 Å². The highest BCUT2D eigenvalue weighted by atomic mass is 14.7. The lowest BCUT2D eigenvalue weighted by atomic mass is 10.0. The zero-order chi connectivity index (χ0) is 18.6. The van der Waals surface area contributed by atoms with Crippen LogP contribution in [-0.2, 0) is 0 Å². The quantitative estimate of drug-likeness (QED) is 0.327. The number of aromatic nitrogens is 1. The minimum absolute atomic E-state index is 1.21. The van der Waals surface area contributed by atoms with E-state index in [2.05, 4.69) is 116 Å². The van der Waals surface area contributed by atoms with Crippen molar-refractivity contribution in [2.75, 3.05) is 0 Å². The largest absolute Gasteiger partial charge is 0.355 e. The van der Waals surface area contributed by atoms with Crippen molar-refractivity contribution in [2.24, 2.45) is 0 Å². The van der Waals surface area contributed by atoms with Crippen LogP contribution in [0.4, 0.5) is 0 Å². The van der Waals surface area contributed by atoms with Crippen molar-refractivity contribution >= 4 is 21.8 Å². The Morgan fingerprint density at radius 1 is 0.444 bits per heavy atom. The number of benzene rings is 4. The van der Waals surface area contributed by atoms with Crippen LogP contribution >= 0.6 is 0 Å². The molecule has 1 heterocycles. The second kappa shape index (κ2) is 7.51. The van der Waals surface area contributed by atoms with Crippen LogP contribution in [0.3, 0.4) is 0 Å². The molecule has 0 amide bonds. The SMILES string of the molecule is Cc1ccc(-c2ccc(C)cc2)cc1.c1ccc2c(c1)[nH]c1ccccc12. The molecule has 1 heteroatoms.